The van der Waals surface area contributed by atoms with Gasteiger partial charge in [-0.2, -0.15) is 9.29 Å². The number of sulfonamides is 1. The maximum atomic E-state index is 13.5. The Morgan fingerprint density at radius 1 is 1.00 bits per heavy atom. The summed E-state index contributed by atoms with van der Waals surface area (Å²) in [6, 6.07) is 13.1. The van der Waals surface area contributed by atoms with Gasteiger partial charge in [-0.3, -0.25) is 0 Å². The molecule has 3 aromatic rings. The Hall–Kier alpha value is -2.51. The molecule has 2 aliphatic rings. The van der Waals surface area contributed by atoms with Crippen LogP contribution in [0.15, 0.2) is 51.9 Å². The van der Waals surface area contributed by atoms with Gasteiger partial charge >= 0.3 is 0 Å². The third kappa shape index (κ3) is 3.46. The molecular formula is C23H25N3O3S. The summed E-state index contributed by atoms with van der Waals surface area (Å²) < 4.78 is 34.0. The second-order valence-electron chi connectivity index (χ2n) is 8.23. The molecule has 0 amide bonds. The molecule has 1 aliphatic heterocycles. The van der Waals surface area contributed by atoms with Gasteiger partial charge in [0.15, 0.2) is 0 Å². The lowest BCUT2D eigenvalue weighted by Crippen LogP contribution is -2.31. The van der Waals surface area contributed by atoms with E-state index in [1.165, 1.54) is 16.3 Å². The summed E-state index contributed by atoms with van der Waals surface area (Å²) in [6.07, 6.45) is 5.73. The Morgan fingerprint density at radius 2 is 1.77 bits per heavy atom. The van der Waals surface area contributed by atoms with Gasteiger partial charge in [0.25, 0.3) is 0 Å². The molecule has 1 atom stereocenters. The molecule has 1 aromatic heterocycles. The Labute approximate surface area is 177 Å². The van der Waals surface area contributed by atoms with Gasteiger partial charge in [-0.15, -0.1) is 0 Å². The summed E-state index contributed by atoms with van der Waals surface area (Å²) in [5, 5.41) is 4.10. The van der Waals surface area contributed by atoms with Gasteiger partial charge in [0.2, 0.25) is 21.7 Å². The van der Waals surface area contributed by atoms with Crippen LogP contribution in [-0.4, -0.2) is 29.4 Å². The van der Waals surface area contributed by atoms with Crippen molar-refractivity contribution in [3.8, 4) is 11.4 Å². The minimum absolute atomic E-state index is 0.365. The molecule has 7 heteroatoms. The molecule has 5 rings (SSSR count). The van der Waals surface area contributed by atoms with Gasteiger partial charge in [-0.05, 0) is 68.7 Å². The van der Waals surface area contributed by atoms with Crippen molar-refractivity contribution in [1.29, 1.82) is 0 Å². The van der Waals surface area contributed by atoms with E-state index in [0.29, 0.717) is 29.6 Å². The van der Waals surface area contributed by atoms with Crippen LogP contribution in [0, 0.1) is 6.92 Å². The molecule has 156 valence electrons. The molecule has 0 saturated carbocycles. The lowest BCUT2D eigenvalue weighted by atomic mass is 9.92. The van der Waals surface area contributed by atoms with Crippen LogP contribution < -0.4 is 0 Å². The predicted octanol–water partition coefficient (Wildman–Crippen LogP) is 4.45. The highest BCUT2D eigenvalue weighted by Crippen LogP contribution is 2.37. The van der Waals surface area contributed by atoms with E-state index < -0.39 is 16.1 Å². The number of fused-ring (bicyclic) bond motifs is 1. The fourth-order valence-electron chi connectivity index (χ4n) is 4.47. The van der Waals surface area contributed by atoms with Gasteiger partial charge in [0, 0.05) is 12.1 Å². The molecule has 0 spiro atoms. The SMILES string of the molecule is Cc1ccc(-c2noc([C@@H]3CCCN3S(=O)(=O)c3ccc4c(c3)CCCC4)n2)cc1. The quantitative estimate of drug-likeness (QED) is 0.620. The number of nitrogens with zero attached hydrogens (tertiary/aromatic N) is 3. The minimum Gasteiger partial charge on any atom is -0.337 e. The average Bonchev–Trinajstić information content (AvgIpc) is 3.44. The lowest BCUT2D eigenvalue weighted by Gasteiger charge is -2.23. The number of hydrogen-bond donors (Lipinski definition) is 0. The fraction of sp³-hybridized carbons (Fsp3) is 0.391. The number of aryl methyl sites for hydroxylation is 3. The van der Waals surface area contributed by atoms with Gasteiger partial charge < -0.3 is 4.52 Å². The molecule has 2 heterocycles. The molecule has 0 bridgehead atoms. The molecule has 1 aliphatic carbocycles. The summed E-state index contributed by atoms with van der Waals surface area (Å²) in [4.78, 5) is 4.90. The van der Waals surface area contributed by atoms with E-state index in [1.807, 2.05) is 43.3 Å². The van der Waals surface area contributed by atoms with Crippen LogP contribution in [0.2, 0.25) is 0 Å². The maximum Gasteiger partial charge on any atom is 0.245 e. The van der Waals surface area contributed by atoms with Crippen molar-refractivity contribution in [2.45, 2.75) is 56.4 Å². The van der Waals surface area contributed by atoms with E-state index in [-0.39, 0.29) is 0 Å². The van der Waals surface area contributed by atoms with Gasteiger partial charge in [-0.1, -0.05) is 41.1 Å². The van der Waals surface area contributed by atoms with Crippen molar-refractivity contribution in [3.63, 3.8) is 0 Å². The zero-order valence-electron chi connectivity index (χ0n) is 17.0. The van der Waals surface area contributed by atoms with Crippen LogP contribution in [0.1, 0.15) is 54.3 Å². The van der Waals surface area contributed by atoms with Crippen molar-refractivity contribution in [3.05, 3.63) is 65.0 Å². The van der Waals surface area contributed by atoms with E-state index in [1.54, 1.807) is 6.07 Å². The topological polar surface area (TPSA) is 76.3 Å². The molecule has 0 N–H and O–H groups in total. The van der Waals surface area contributed by atoms with E-state index >= 15 is 0 Å². The summed E-state index contributed by atoms with van der Waals surface area (Å²) >= 11 is 0. The number of aromatic nitrogens is 2. The highest BCUT2D eigenvalue weighted by atomic mass is 32.2. The summed E-state index contributed by atoms with van der Waals surface area (Å²) in [6.45, 7) is 2.49. The van der Waals surface area contributed by atoms with Crippen molar-refractivity contribution in [2.75, 3.05) is 6.54 Å². The van der Waals surface area contributed by atoms with E-state index in [4.69, 9.17) is 4.52 Å². The summed E-state index contributed by atoms with van der Waals surface area (Å²) in [5.74, 6) is 0.854. The molecule has 1 saturated heterocycles. The zero-order valence-corrected chi connectivity index (χ0v) is 17.9. The second-order valence-corrected chi connectivity index (χ2v) is 10.1. The van der Waals surface area contributed by atoms with Crippen LogP contribution in [0.4, 0.5) is 0 Å². The van der Waals surface area contributed by atoms with Crippen molar-refractivity contribution < 1.29 is 12.9 Å². The molecule has 0 radical (unpaired) electrons. The first-order valence-corrected chi connectivity index (χ1v) is 12.0. The molecule has 6 nitrogen and oxygen atoms in total. The Morgan fingerprint density at radius 3 is 2.57 bits per heavy atom. The average molecular weight is 424 g/mol. The lowest BCUT2D eigenvalue weighted by molar-refractivity contribution is 0.290. The third-order valence-electron chi connectivity index (χ3n) is 6.17. The minimum atomic E-state index is -3.62. The van der Waals surface area contributed by atoms with Crippen LogP contribution >= 0.6 is 0 Å². The third-order valence-corrected chi connectivity index (χ3v) is 8.07. The van der Waals surface area contributed by atoms with Crippen LogP contribution in [0.5, 0.6) is 0 Å². The monoisotopic (exact) mass is 423 g/mol. The smallest absolute Gasteiger partial charge is 0.245 e. The highest BCUT2D eigenvalue weighted by Gasteiger charge is 2.39. The molecular weight excluding hydrogens is 398 g/mol. The van der Waals surface area contributed by atoms with E-state index in [2.05, 4.69) is 10.1 Å². The van der Waals surface area contributed by atoms with Gasteiger partial charge in [-0.25, -0.2) is 8.42 Å². The van der Waals surface area contributed by atoms with Crippen molar-refractivity contribution >= 4 is 10.0 Å². The van der Waals surface area contributed by atoms with Crippen LogP contribution in [0.3, 0.4) is 0 Å². The molecule has 30 heavy (non-hydrogen) atoms. The molecule has 1 fully saturated rings. The number of benzene rings is 2. The van der Waals surface area contributed by atoms with Crippen LogP contribution in [0.25, 0.3) is 11.4 Å². The first-order valence-electron chi connectivity index (χ1n) is 10.6. The highest BCUT2D eigenvalue weighted by molar-refractivity contribution is 7.89. The standard InChI is InChI=1S/C23H25N3O3S/c1-16-8-10-18(11-9-16)22-24-23(29-25-22)21-7-4-14-26(21)30(27,28)20-13-12-17-5-2-3-6-19(17)15-20/h8-13,15,21H,2-7,14H2,1H3/t21-/m0/s1. The maximum absolute atomic E-state index is 13.5. The number of hydrogen-bond acceptors (Lipinski definition) is 5. The molecule has 2 aromatic carbocycles. The Kier molecular flexibility index (Phi) is 4.95. The summed E-state index contributed by atoms with van der Waals surface area (Å²) in [7, 11) is -3.62. The van der Waals surface area contributed by atoms with Crippen molar-refractivity contribution in [2.24, 2.45) is 0 Å². The predicted molar refractivity (Wildman–Crippen MR) is 113 cm³/mol. The molecule has 0 unspecified atom stereocenters. The Balaban J connectivity index is 1.44. The van der Waals surface area contributed by atoms with Crippen molar-refractivity contribution in [1.82, 2.24) is 14.4 Å². The largest absolute Gasteiger partial charge is 0.337 e. The normalized spacial score (nSPS) is 19.7. The van der Waals surface area contributed by atoms with E-state index in [9.17, 15) is 8.42 Å². The first-order chi connectivity index (χ1) is 14.5. The van der Waals surface area contributed by atoms with Gasteiger partial charge in [0.1, 0.15) is 6.04 Å². The Bertz CT molecular complexity index is 1170. The first kappa shape index (κ1) is 19.5. The zero-order chi connectivity index (χ0) is 20.7. The summed E-state index contributed by atoms with van der Waals surface area (Å²) in [5.41, 5.74) is 4.45. The van der Waals surface area contributed by atoms with Crippen LogP contribution in [-0.2, 0) is 22.9 Å². The van der Waals surface area contributed by atoms with E-state index in [0.717, 1.165) is 42.4 Å². The second kappa shape index (κ2) is 7.63. The fourth-order valence-corrected chi connectivity index (χ4v) is 6.17. The number of rotatable bonds is 4. The van der Waals surface area contributed by atoms with Gasteiger partial charge in [0.05, 0.1) is 4.90 Å².